The van der Waals surface area contributed by atoms with E-state index in [0.29, 0.717) is 0 Å². The molecule has 0 aliphatic carbocycles. The topological polar surface area (TPSA) is 37.8 Å². The van der Waals surface area contributed by atoms with Crippen molar-refractivity contribution in [2.24, 2.45) is 0 Å². The Hall–Kier alpha value is -0.720. The molecule has 6 heteroatoms. The summed E-state index contributed by atoms with van der Waals surface area (Å²) in [6.07, 6.45) is 2.02. The first kappa shape index (κ1) is 12.7. The summed E-state index contributed by atoms with van der Waals surface area (Å²) in [5.74, 6) is 0.998. The van der Waals surface area contributed by atoms with Crippen LogP contribution in [0.3, 0.4) is 0 Å². The molecule has 0 saturated heterocycles. The smallest absolute Gasteiger partial charge is 0.175 e. The number of aromatic nitrogens is 2. The van der Waals surface area contributed by atoms with E-state index in [1.165, 1.54) is 0 Å². The molecule has 0 atom stereocenters. The van der Waals surface area contributed by atoms with Gasteiger partial charge in [-0.2, -0.15) is 0 Å². The molecule has 0 bridgehead atoms. The second-order valence-corrected chi connectivity index (χ2v) is 6.55. The number of nitrogens with one attached hydrogen (secondary N) is 1. The van der Waals surface area contributed by atoms with E-state index >= 15 is 0 Å². The summed E-state index contributed by atoms with van der Waals surface area (Å²) in [6, 6.07) is 10.2. The molecule has 0 aliphatic rings. The molecule has 0 unspecified atom stereocenters. The summed E-state index contributed by atoms with van der Waals surface area (Å²) in [5, 5.41) is 11.5. The Morgan fingerprint density at radius 3 is 2.65 bits per heavy atom. The standard InChI is InChI=1S/C11H13N3S3/c1-15-10-13-14-11(17-10)16-8-7-12-9-5-3-2-4-6-9/h2-6,12H,7-8H2,1H3. The van der Waals surface area contributed by atoms with E-state index in [0.717, 1.165) is 26.7 Å². The van der Waals surface area contributed by atoms with Gasteiger partial charge in [0.15, 0.2) is 8.68 Å². The second-order valence-electron chi connectivity index (χ2n) is 3.18. The van der Waals surface area contributed by atoms with Crippen molar-refractivity contribution in [3.05, 3.63) is 30.3 Å². The van der Waals surface area contributed by atoms with Gasteiger partial charge in [-0.15, -0.1) is 10.2 Å². The summed E-state index contributed by atoms with van der Waals surface area (Å²) in [7, 11) is 0. The highest BCUT2D eigenvalue weighted by Crippen LogP contribution is 2.26. The van der Waals surface area contributed by atoms with Crippen LogP contribution in [0.4, 0.5) is 5.69 Å². The predicted octanol–water partition coefficient (Wildman–Crippen LogP) is 3.46. The van der Waals surface area contributed by atoms with Crippen molar-refractivity contribution < 1.29 is 0 Å². The highest BCUT2D eigenvalue weighted by Gasteiger charge is 2.02. The van der Waals surface area contributed by atoms with Crippen LogP contribution < -0.4 is 5.32 Å². The molecule has 0 saturated carbocycles. The van der Waals surface area contributed by atoms with Gasteiger partial charge in [-0.3, -0.25) is 0 Å². The van der Waals surface area contributed by atoms with Gasteiger partial charge in [0, 0.05) is 18.0 Å². The molecule has 0 spiro atoms. The number of benzene rings is 1. The Labute approximate surface area is 113 Å². The molecular weight excluding hydrogens is 270 g/mol. The lowest BCUT2D eigenvalue weighted by atomic mass is 10.3. The molecule has 3 nitrogen and oxygen atoms in total. The van der Waals surface area contributed by atoms with Gasteiger partial charge in [0.25, 0.3) is 0 Å². The fraction of sp³-hybridized carbons (Fsp3) is 0.273. The summed E-state index contributed by atoms with van der Waals surface area (Å²) in [4.78, 5) is 0. The van der Waals surface area contributed by atoms with Crippen molar-refractivity contribution >= 4 is 40.5 Å². The van der Waals surface area contributed by atoms with E-state index < -0.39 is 0 Å². The SMILES string of the molecule is CSc1nnc(SCCNc2ccccc2)s1. The van der Waals surface area contributed by atoms with E-state index in [-0.39, 0.29) is 0 Å². The van der Waals surface area contributed by atoms with E-state index in [9.17, 15) is 0 Å². The van der Waals surface area contributed by atoms with Crippen LogP contribution in [0.5, 0.6) is 0 Å². The molecule has 1 aromatic carbocycles. The number of para-hydroxylation sites is 1. The third kappa shape index (κ3) is 4.22. The Morgan fingerprint density at radius 2 is 1.94 bits per heavy atom. The first-order chi connectivity index (χ1) is 8.38. The van der Waals surface area contributed by atoms with Gasteiger partial charge < -0.3 is 5.32 Å². The highest BCUT2D eigenvalue weighted by molar-refractivity contribution is 8.02. The summed E-state index contributed by atoms with van der Waals surface area (Å²) < 4.78 is 2.08. The number of rotatable bonds is 6. The van der Waals surface area contributed by atoms with Gasteiger partial charge in [0.1, 0.15) is 0 Å². The molecule has 90 valence electrons. The van der Waals surface area contributed by atoms with Crippen LogP contribution in [0.1, 0.15) is 0 Å². The molecule has 1 heterocycles. The minimum atomic E-state index is 0.933. The molecule has 0 radical (unpaired) electrons. The third-order valence-electron chi connectivity index (χ3n) is 1.99. The van der Waals surface area contributed by atoms with Gasteiger partial charge >= 0.3 is 0 Å². The van der Waals surface area contributed by atoms with Crippen LogP contribution in [0.2, 0.25) is 0 Å². The van der Waals surface area contributed by atoms with Crippen LogP contribution in [0.25, 0.3) is 0 Å². The van der Waals surface area contributed by atoms with Crippen LogP contribution >= 0.6 is 34.9 Å². The number of thioether (sulfide) groups is 2. The fourth-order valence-corrected chi connectivity index (χ4v) is 3.59. The molecule has 2 aromatic rings. The first-order valence-electron chi connectivity index (χ1n) is 5.17. The van der Waals surface area contributed by atoms with Crippen LogP contribution in [-0.4, -0.2) is 28.8 Å². The Bertz CT molecular complexity index is 444. The fourth-order valence-electron chi connectivity index (χ4n) is 1.23. The zero-order valence-electron chi connectivity index (χ0n) is 9.42. The maximum absolute atomic E-state index is 4.11. The lowest BCUT2D eigenvalue weighted by Gasteiger charge is -2.03. The molecule has 0 amide bonds. The zero-order chi connectivity index (χ0) is 11.9. The van der Waals surface area contributed by atoms with Crippen molar-refractivity contribution in [3.63, 3.8) is 0 Å². The van der Waals surface area contributed by atoms with Crippen LogP contribution in [-0.2, 0) is 0 Å². The van der Waals surface area contributed by atoms with Gasteiger partial charge in [0.2, 0.25) is 0 Å². The molecule has 0 fully saturated rings. The average molecular weight is 283 g/mol. The normalized spacial score (nSPS) is 10.4. The largest absolute Gasteiger partial charge is 0.384 e. The Morgan fingerprint density at radius 1 is 1.18 bits per heavy atom. The van der Waals surface area contributed by atoms with Crippen molar-refractivity contribution in [2.75, 3.05) is 23.9 Å². The Balaban J connectivity index is 1.69. The van der Waals surface area contributed by atoms with Gasteiger partial charge in [-0.05, 0) is 18.4 Å². The number of hydrogen-bond acceptors (Lipinski definition) is 6. The molecule has 0 aliphatic heterocycles. The van der Waals surface area contributed by atoms with E-state index in [2.05, 4.69) is 27.6 Å². The minimum Gasteiger partial charge on any atom is -0.384 e. The van der Waals surface area contributed by atoms with Gasteiger partial charge in [-0.1, -0.05) is 53.1 Å². The van der Waals surface area contributed by atoms with Crippen LogP contribution in [0, 0.1) is 0 Å². The van der Waals surface area contributed by atoms with E-state index in [1.807, 2.05) is 24.5 Å². The Kier molecular flexibility index (Phi) is 5.15. The maximum Gasteiger partial charge on any atom is 0.175 e. The van der Waals surface area contributed by atoms with Gasteiger partial charge in [0.05, 0.1) is 0 Å². The zero-order valence-corrected chi connectivity index (χ0v) is 11.9. The summed E-state index contributed by atoms with van der Waals surface area (Å²) in [6.45, 7) is 0.933. The molecule has 17 heavy (non-hydrogen) atoms. The quantitative estimate of drug-likeness (QED) is 0.649. The third-order valence-corrected chi connectivity index (χ3v) is 5.03. The van der Waals surface area contributed by atoms with Gasteiger partial charge in [-0.25, -0.2) is 0 Å². The molecule has 2 rings (SSSR count). The maximum atomic E-state index is 4.11. The summed E-state index contributed by atoms with van der Waals surface area (Å²) >= 11 is 5.04. The highest BCUT2D eigenvalue weighted by atomic mass is 32.2. The van der Waals surface area contributed by atoms with Crippen LogP contribution in [0.15, 0.2) is 39.0 Å². The number of hydrogen-bond donors (Lipinski definition) is 1. The number of anilines is 1. The minimum absolute atomic E-state index is 0.933. The monoisotopic (exact) mass is 283 g/mol. The summed E-state index contributed by atoms with van der Waals surface area (Å²) in [5.41, 5.74) is 1.16. The van der Waals surface area contributed by atoms with E-state index in [1.54, 1.807) is 34.9 Å². The molecule has 1 N–H and O–H groups in total. The van der Waals surface area contributed by atoms with Crippen molar-refractivity contribution in [2.45, 2.75) is 8.68 Å². The van der Waals surface area contributed by atoms with Crippen molar-refractivity contribution in [3.8, 4) is 0 Å². The predicted molar refractivity (Wildman–Crippen MR) is 77.3 cm³/mol. The van der Waals surface area contributed by atoms with Crippen molar-refractivity contribution in [1.29, 1.82) is 0 Å². The first-order valence-corrected chi connectivity index (χ1v) is 8.20. The average Bonchev–Trinajstić information content (AvgIpc) is 2.84. The molecular formula is C11H13N3S3. The number of nitrogens with zero attached hydrogens (tertiary/aromatic N) is 2. The second kappa shape index (κ2) is 6.88. The van der Waals surface area contributed by atoms with Crippen molar-refractivity contribution in [1.82, 2.24) is 10.2 Å². The lowest BCUT2D eigenvalue weighted by molar-refractivity contribution is 0.955. The molecule has 1 aromatic heterocycles. The van der Waals surface area contributed by atoms with E-state index in [4.69, 9.17) is 0 Å². The lowest BCUT2D eigenvalue weighted by Crippen LogP contribution is -2.03.